The standard InChI is InChI=1S/C13H13Br2FO2/c14-13(15,12(18)6-1-2-7-12)11(17)9-4-3-5-10(16)8-9/h3-5,8,18H,1-2,6-7H2. The number of alkyl halides is 2. The van der Waals surface area contributed by atoms with Crippen LogP contribution in [0.5, 0.6) is 0 Å². The topological polar surface area (TPSA) is 37.3 Å². The van der Waals surface area contributed by atoms with Crippen molar-refractivity contribution in [2.45, 2.75) is 34.5 Å². The number of hydrogen-bond acceptors (Lipinski definition) is 2. The molecular weight excluding hydrogens is 367 g/mol. The highest BCUT2D eigenvalue weighted by Crippen LogP contribution is 2.49. The van der Waals surface area contributed by atoms with Gasteiger partial charge in [0.15, 0.2) is 9.02 Å². The van der Waals surface area contributed by atoms with Crippen LogP contribution >= 0.6 is 31.9 Å². The molecule has 98 valence electrons. The van der Waals surface area contributed by atoms with Crippen LogP contribution in [0.3, 0.4) is 0 Å². The van der Waals surface area contributed by atoms with Gasteiger partial charge in [0.1, 0.15) is 5.82 Å². The van der Waals surface area contributed by atoms with Crippen molar-refractivity contribution in [2.24, 2.45) is 0 Å². The molecule has 1 aliphatic carbocycles. The van der Waals surface area contributed by atoms with Gasteiger partial charge in [-0.2, -0.15) is 0 Å². The minimum absolute atomic E-state index is 0.240. The maximum atomic E-state index is 13.1. The lowest BCUT2D eigenvalue weighted by Crippen LogP contribution is -2.48. The van der Waals surface area contributed by atoms with E-state index in [1.54, 1.807) is 6.07 Å². The first-order chi connectivity index (χ1) is 8.37. The molecule has 1 fully saturated rings. The van der Waals surface area contributed by atoms with Crippen LogP contribution in [0.4, 0.5) is 4.39 Å². The summed E-state index contributed by atoms with van der Waals surface area (Å²) in [6.45, 7) is 0. The molecule has 0 saturated heterocycles. The van der Waals surface area contributed by atoms with Crippen LogP contribution in [-0.4, -0.2) is 19.7 Å². The van der Waals surface area contributed by atoms with Crippen LogP contribution in [0.25, 0.3) is 0 Å². The highest BCUT2D eigenvalue weighted by Gasteiger charge is 2.53. The molecule has 0 aromatic heterocycles. The molecule has 0 spiro atoms. The molecule has 0 heterocycles. The third-order valence-electron chi connectivity index (χ3n) is 3.39. The Labute approximate surface area is 122 Å². The van der Waals surface area contributed by atoms with Gasteiger partial charge in [0.25, 0.3) is 0 Å². The number of ketones is 1. The van der Waals surface area contributed by atoms with Gasteiger partial charge in [-0.3, -0.25) is 4.79 Å². The summed E-state index contributed by atoms with van der Waals surface area (Å²) in [4.78, 5) is 12.4. The normalized spacial score (nSPS) is 18.9. The van der Waals surface area contributed by atoms with Crippen molar-refractivity contribution < 1.29 is 14.3 Å². The molecule has 1 N–H and O–H groups in total. The van der Waals surface area contributed by atoms with Gasteiger partial charge in [0, 0.05) is 5.56 Å². The summed E-state index contributed by atoms with van der Waals surface area (Å²) in [6.07, 6.45) is 2.85. The van der Waals surface area contributed by atoms with Crippen molar-refractivity contribution in [1.29, 1.82) is 0 Å². The number of halogens is 3. The number of rotatable bonds is 3. The molecule has 2 nitrogen and oxygen atoms in total. The second-order valence-electron chi connectivity index (χ2n) is 4.65. The Morgan fingerprint density at radius 2 is 1.94 bits per heavy atom. The molecule has 1 saturated carbocycles. The lowest BCUT2D eigenvalue weighted by atomic mass is 9.92. The van der Waals surface area contributed by atoms with E-state index >= 15 is 0 Å². The van der Waals surface area contributed by atoms with E-state index in [0.29, 0.717) is 12.8 Å². The van der Waals surface area contributed by atoms with Crippen LogP contribution in [-0.2, 0) is 0 Å². The Morgan fingerprint density at radius 1 is 1.33 bits per heavy atom. The molecule has 0 amide bonds. The Bertz CT molecular complexity index is 468. The zero-order valence-corrected chi connectivity index (χ0v) is 12.8. The average Bonchev–Trinajstić information content (AvgIpc) is 2.77. The maximum Gasteiger partial charge on any atom is 0.193 e. The van der Waals surface area contributed by atoms with E-state index in [-0.39, 0.29) is 11.3 Å². The van der Waals surface area contributed by atoms with Crippen molar-refractivity contribution in [3.8, 4) is 0 Å². The predicted molar refractivity (Wildman–Crippen MR) is 74.7 cm³/mol. The second-order valence-corrected chi connectivity index (χ2v) is 8.10. The Hall–Kier alpha value is -0.260. The SMILES string of the molecule is O=C(c1cccc(F)c1)C(Br)(Br)C1(O)CCCC1. The van der Waals surface area contributed by atoms with Crippen LogP contribution < -0.4 is 0 Å². The summed E-state index contributed by atoms with van der Waals surface area (Å²) < 4.78 is 11.9. The molecular formula is C13H13Br2FO2. The van der Waals surface area contributed by atoms with Gasteiger partial charge in [0.05, 0.1) is 5.60 Å². The van der Waals surface area contributed by atoms with Gasteiger partial charge in [-0.15, -0.1) is 0 Å². The minimum atomic E-state index is -1.25. The maximum absolute atomic E-state index is 13.1. The first-order valence-corrected chi connectivity index (χ1v) is 7.36. The fraction of sp³-hybridized carbons (Fsp3) is 0.462. The van der Waals surface area contributed by atoms with Crippen molar-refractivity contribution in [2.75, 3.05) is 0 Å². The first kappa shape index (κ1) is 14.2. The van der Waals surface area contributed by atoms with Crippen LogP contribution in [0.15, 0.2) is 24.3 Å². The van der Waals surface area contributed by atoms with E-state index in [1.807, 2.05) is 0 Å². The van der Waals surface area contributed by atoms with E-state index in [9.17, 15) is 14.3 Å². The molecule has 18 heavy (non-hydrogen) atoms. The molecule has 0 atom stereocenters. The van der Waals surface area contributed by atoms with E-state index in [0.717, 1.165) is 12.8 Å². The molecule has 1 aromatic carbocycles. The zero-order valence-electron chi connectivity index (χ0n) is 9.63. The van der Waals surface area contributed by atoms with Crippen LogP contribution in [0.1, 0.15) is 36.0 Å². The Morgan fingerprint density at radius 3 is 2.50 bits per heavy atom. The van der Waals surface area contributed by atoms with Gasteiger partial charge in [-0.25, -0.2) is 4.39 Å². The highest BCUT2D eigenvalue weighted by molar-refractivity contribution is 9.26. The average molecular weight is 380 g/mol. The fourth-order valence-corrected chi connectivity index (χ4v) is 3.55. The Balaban J connectivity index is 2.32. The summed E-state index contributed by atoms with van der Waals surface area (Å²) in [5.74, 6) is -0.818. The number of carbonyl (C=O) groups excluding carboxylic acids is 1. The number of carbonyl (C=O) groups is 1. The van der Waals surface area contributed by atoms with E-state index in [2.05, 4.69) is 31.9 Å². The van der Waals surface area contributed by atoms with Gasteiger partial charge in [0.2, 0.25) is 0 Å². The van der Waals surface area contributed by atoms with E-state index < -0.39 is 14.7 Å². The molecule has 1 aromatic rings. The molecule has 0 unspecified atom stereocenters. The highest BCUT2D eigenvalue weighted by atomic mass is 79.9. The van der Waals surface area contributed by atoms with Gasteiger partial charge >= 0.3 is 0 Å². The summed E-state index contributed by atoms with van der Waals surface area (Å²) in [5.41, 5.74) is -0.889. The minimum Gasteiger partial charge on any atom is -0.387 e. The zero-order chi connectivity index (χ0) is 13.4. The number of hydrogen-bond donors (Lipinski definition) is 1. The lowest BCUT2D eigenvalue weighted by molar-refractivity contribution is 0.0367. The first-order valence-electron chi connectivity index (χ1n) is 5.77. The molecule has 0 radical (unpaired) electrons. The number of aliphatic hydroxyl groups is 1. The summed E-state index contributed by atoms with van der Waals surface area (Å²) in [5, 5.41) is 10.5. The fourth-order valence-electron chi connectivity index (χ4n) is 2.30. The number of benzene rings is 1. The smallest absolute Gasteiger partial charge is 0.193 e. The molecule has 1 aliphatic rings. The van der Waals surface area contributed by atoms with Crippen molar-refractivity contribution >= 4 is 37.6 Å². The molecule has 2 rings (SSSR count). The summed E-state index contributed by atoms with van der Waals surface area (Å²) in [7, 11) is 0. The molecule has 5 heteroatoms. The van der Waals surface area contributed by atoms with Gasteiger partial charge in [-0.05, 0) is 25.0 Å². The molecule has 0 aliphatic heterocycles. The quantitative estimate of drug-likeness (QED) is 0.640. The van der Waals surface area contributed by atoms with Crippen molar-refractivity contribution in [3.63, 3.8) is 0 Å². The summed E-state index contributed by atoms with van der Waals surface area (Å²) in [6, 6.07) is 5.49. The van der Waals surface area contributed by atoms with Crippen molar-refractivity contribution in [3.05, 3.63) is 35.6 Å². The van der Waals surface area contributed by atoms with Gasteiger partial charge in [-0.1, -0.05) is 56.8 Å². The third-order valence-corrected chi connectivity index (χ3v) is 5.58. The lowest BCUT2D eigenvalue weighted by Gasteiger charge is -2.35. The van der Waals surface area contributed by atoms with Crippen molar-refractivity contribution in [1.82, 2.24) is 0 Å². The van der Waals surface area contributed by atoms with Crippen LogP contribution in [0.2, 0.25) is 0 Å². The third kappa shape index (κ3) is 2.40. The van der Waals surface area contributed by atoms with E-state index in [1.165, 1.54) is 18.2 Å². The monoisotopic (exact) mass is 378 g/mol. The Kier molecular flexibility index (Phi) is 3.95. The second kappa shape index (κ2) is 5.02. The number of Topliss-reactive ketones (excluding diaryl/α,β-unsaturated/α-hetero) is 1. The van der Waals surface area contributed by atoms with Gasteiger partial charge < -0.3 is 5.11 Å². The largest absolute Gasteiger partial charge is 0.387 e. The van der Waals surface area contributed by atoms with Crippen LogP contribution in [0, 0.1) is 5.82 Å². The summed E-state index contributed by atoms with van der Waals surface area (Å²) >= 11 is 6.57. The predicted octanol–water partition coefficient (Wildman–Crippen LogP) is 3.80. The van der Waals surface area contributed by atoms with E-state index in [4.69, 9.17) is 0 Å². The molecule has 0 bridgehead atoms.